The Labute approximate surface area is 325 Å². The van der Waals surface area contributed by atoms with Crippen molar-refractivity contribution in [3.63, 3.8) is 0 Å². The maximum atomic E-state index is 15.1. The molecule has 57 heavy (non-hydrogen) atoms. The number of ketones is 4. The van der Waals surface area contributed by atoms with Gasteiger partial charge >= 0.3 is 5.97 Å². The largest absolute Gasteiger partial charge is 0.506 e. The minimum absolute atomic E-state index is 0.122. The number of carbonyl (C=O) groups is 5. The first kappa shape index (κ1) is 39.9. The number of aliphatic hydroxyl groups excluding tert-OH is 3. The van der Waals surface area contributed by atoms with Crippen LogP contribution in [0.5, 0.6) is 11.5 Å². The van der Waals surface area contributed by atoms with E-state index < -0.39 is 124 Å². The normalized spacial score (nSPS) is 29.1. The highest BCUT2D eigenvalue weighted by Gasteiger charge is 2.73. The quantitative estimate of drug-likeness (QED) is 0.167. The fourth-order valence-electron chi connectivity index (χ4n) is 8.74. The van der Waals surface area contributed by atoms with Gasteiger partial charge in [0.2, 0.25) is 17.3 Å². The molecule has 0 saturated carbocycles. The third kappa shape index (κ3) is 5.66. The summed E-state index contributed by atoms with van der Waals surface area (Å²) in [6, 6.07) is 11.1. The van der Waals surface area contributed by atoms with Crippen LogP contribution in [0.1, 0.15) is 81.0 Å². The number of rotatable bonds is 9. The van der Waals surface area contributed by atoms with Gasteiger partial charge in [0.25, 0.3) is 0 Å². The smallest absolute Gasteiger partial charge is 0.341 e. The van der Waals surface area contributed by atoms with Crippen LogP contribution >= 0.6 is 0 Å². The van der Waals surface area contributed by atoms with E-state index in [9.17, 15) is 44.7 Å². The monoisotopic (exact) mass is 787 g/mol. The molecule has 16 nitrogen and oxygen atoms in total. The number of aliphatic hydroxyl groups is 4. The number of aromatic hydroxyl groups is 1. The molecule has 1 unspecified atom stereocenters. The van der Waals surface area contributed by atoms with Crippen LogP contribution in [0.25, 0.3) is 0 Å². The van der Waals surface area contributed by atoms with Gasteiger partial charge in [0.05, 0.1) is 54.8 Å². The molecule has 3 aliphatic carbocycles. The van der Waals surface area contributed by atoms with E-state index in [1.165, 1.54) is 13.2 Å². The Morgan fingerprint density at radius 2 is 1.70 bits per heavy atom. The van der Waals surface area contributed by atoms with Crippen molar-refractivity contribution in [2.24, 2.45) is 5.92 Å². The number of fused-ring (bicyclic) bond motifs is 5. The zero-order chi connectivity index (χ0) is 41.3. The molecule has 16 heteroatoms. The number of ether oxygens (including phenoxy) is 5. The summed E-state index contributed by atoms with van der Waals surface area (Å²) in [6.07, 6.45) is -5.52. The van der Waals surface area contributed by atoms with Crippen molar-refractivity contribution in [1.29, 1.82) is 0 Å². The molecule has 1 saturated heterocycles. The SMILES string of the molecule is COC(=O)c1c(C)cc2c(c1OCc1ccccc1)[C@]1(O)C(=O)c3cc4c(c(O)c3C(=O)[C@]1(OC)[C@H](O)C2)C(=O)C=C(NC1O[C@@H](C)[C@H](OC)[C@@H](O)[C@H]1CO)C4=O. The molecule has 3 aromatic carbocycles. The standard InChI is InChI=1S/C41H41NO15/c1-17-11-20-12-26(45)41(55-5)37(50)29-22(36(49)40(41,52)30(20)35(27(17)39(51)54-4)56-16-19-9-7-6-8-10-19)13-21-28(33(29)48)25(44)14-24(31(21)46)42-38-23(15-43)32(47)34(53-3)18(2)57-38/h6-11,13-14,18,23,26,32,34,38,42-43,45,47-48,52H,12,15-16H2,1-5H3/t18-,23+,26+,32-,34-,38?,40-,41+/m0/s1. The Bertz CT molecular complexity index is 2250. The third-order valence-corrected chi connectivity index (χ3v) is 11.5. The molecule has 0 amide bonds. The molecule has 1 aliphatic heterocycles. The topological polar surface area (TPSA) is 245 Å². The van der Waals surface area contributed by atoms with Crippen LogP contribution in [0.15, 0.2) is 54.2 Å². The van der Waals surface area contributed by atoms with Gasteiger partial charge < -0.3 is 54.5 Å². The first-order chi connectivity index (χ1) is 27.1. The van der Waals surface area contributed by atoms with E-state index in [2.05, 4.69) is 5.32 Å². The lowest BCUT2D eigenvalue weighted by Crippen LogP contribution is -2.73. The molecular weight excluding hydrogens is 746 g/mol. The number of phenolic OH excluding ortho intramolecular Hbond substituents is 1. The van der Waals surface area contributed by atoms with Crippen LogP contribution in [-0.4, -0.2) is 119 Å². The van der Waals surface area contributed by atoms with Gasteiger partial charge in [0.15, 0.2) is 17.0 Å². The lowest BCUT2D eigenvalue weighted by molar-refractivity contribution is -0.214. The lowest BCUT2D eigenvalue weighted by Gasteiger charge is -2.53. The Kier molecular flexibility index (Phi) is 10.2. The fraction of sp³-hybridized carbons (Fsp3) is 0.390. The van der Waals surface area contributed by atoms with E-state index in [1.807, 2.05) is 0 Å². The van der Waals surface area contributed by atoms with E-state index in [4.69, 9.17) is 23.7 Å². The number of esters is 1. The predicted octanol–water partition coefficient (Wildman–Crippen LogP) is 1.22. The zero-order valence-corrected chi connectivity index (χ0v) is 31.5. The fourth-order valence-corrected chi connectivity index (χ4v) is 8.74. The summed E-state index contributed by atoms with van der Waals surface area (Å²) in [5.41, 5.74) is -8.61. The van der Waals surface area contributed by atoms with Crippen molar-refractivity contribution >= 4 is 29.1 Å². The number of Topliss-reactive ketones (excluding diaryl/α,β-unsaturated/α-hetero) is 3. The Morgan fingerprint density at radius 3 is 2.33 bits per heavy atom. The molecule has 0 radical (unpaired) electrons. The average Bonchev–Trinajstić information content (AvgIpc) is 3.18. The van der Waals surface area contributed by atoms with Crippen molar-refractivity contribution in [2.75, 3.05) is 27.9 Å². The molecule has 8 atom stereocenters. The summed E-state index contributed by atoms with van der Waals surface area (Å²) < 4.78 is 28.2. The minimum Gasteiger partial charge on any atom is -0.506 e. The minimum atomic E-state index is -3.17. The van der Waals surface area contributed by atoms with E-state index >= 15 is 4.79 Å². The summed E-state index contributed by atoms with van der Waals surface area (Å²) in [6.45, 7) is 2.37. The number of aryl methyl sites for hydroxylation is 1. The van der Waals surface area contributed by atoms with Crippen molar-refractivity contribution in [2.45, 2.75) is 68.7 Å². The molecule has 6 N–H and O–H groups in total. The maximum Gasteiger partial charge on any atom is 0.341 e. The van der Waals surface area contributed by atoms with Gasteiger partial charge in [-0.15, -0.1) is 0 Å². The van der Waals surface area contributed by atoms with Gasteiger partial charge in [-0.3, -0.25) is 19.2 Å². The third-order valence-electron chi connectivity index (χ3n) is 11.5. The van der Waals surface area contributed by atoms with Crippen molar-refractivity contribution in [3.05, 3.63) is 104 Å². The molecule has 0 aromatic heterocycles. The highest BCUT2D eigenvalue weighted by molar-refractivity contribution is 6.31. The van der Waals surface area contributed by atoms with E-state index in [0.717, 1.165) is 26.4 Å². The second-order valence-corrected chi connectivity index (χ2v) is 14.5. The summed E-state index contributed by atoms with van der Waals surface area (Å²) in [7, 11) is 3.45. The number of nitrogens with one attached hydrogen (secondary N) is 1. The summed E-state index contributed by atoms with van der Waals surface area (Å²) in [4.78, 5) is 71.1. The Morgan fingerprint density at radius 1 is 1.00 bits per heavy atom. The molecule has 0 spiro atoms. The van der Waals surface area contributed by atoms with Crippen LogP contribution in [0.3, 0.4) is 0 Å². The zero-order valence-electron chi connectivity index (χ0n) is 31.5. The van der Waals surface area contributed by atoms with Crippen LogP contribution in [-0.2, 0) is 37.6 Å². The van der Waals surface area contributed by atoms with Crippen molar-refractivity contribution in [1.82, 2.24) is 5.32 Å². The molecular formula is C41H41NO15. The van der Waals surface area contributed by atoms with Gasteiger partial charge in [-0.05, 0) is 36.6 Å². The van der Waals surface area contributed by atoms with Gasteiger partial charge in [0, 0.05) is 43.4 Å². The summed E-state index contributed by atoms with van der Waals surface area (Å²) in [5.74, 6) is -7.87. The van der Waals surface area contributed by atoms with E-state index in [-0.39, 0.29) is 29.0 Å². The highest BCUT2D eigenvalue weighted by atomic mass is 16.6. The molecule has 4 aliphatic rings. The van der Waals surface area contributed by atoms with Gasteiger partial charge in [0.1, 0.15) is 36.0 Å². The lowest BCUT2D eigenvalue weighted by atomic mass is 9.56. The molecule has 1 fully saturated rings. The van der Waals surface area contributed by atoms with Gasteiger partial charge in [-0.2, -0.15) is 0 Å². The van der Waals surface area contributed by atoms with Crippen LogP contribution < -0.4 is 10.1 Å². The molecule has 1 heterocycles. The first-order valence-corrected chi connectivity index (χ1v) is 18.0. The molecule has 3 aromatic rings. The van der Waals surface area contributed by atoms with E-state index in [1.54, 1.807) is 44.2 Å². The average molecular weight is 788 g/mol. The van der Waals surface area contributed by atoms with Gasteiger partial charge in [-0.1, -0.05) is 36.4 Å². The van der Waals surface area contributed by atoms with Gasteiger partial charge in [-0.25, -0.2) is 4.79 Å². The molecule has 0 bridgehead atoms. The predicted molar refractivity (Wildman–Crippen MR) is 195 cm³/mol. The number of carbonyl (C=O) groups excluding carboxylic acids is 5. The van der Waals surface area contributed by atoms with Crippen molar-refractivity contribution in [3.8, 4) is 11.5 Å². The summed E-state index contributed by atoms with van der Waals surface area (Å²) >= 11 is 0. The molecule has 300 valence electrons. The maximum absolute atomic E-state index is 15.1. The second-order valence-electron chi connectivity index (χ2n) is 14.5. The number of allylic oxidation sites excluding steroid dienone is 2. The van der Waals surface area contributed by atoms with Crippen LogP contribution in [0, 0.1) is 12.8 Å². The second kappa shape index (κ2) is 14.6. The number of benzene rings is 3. The number of hydrogen-bond acceptors (Lipinski definition) is 16. The first-order valence-electron chi connectivity index (χ1n) is 18.0. The van der Waals surface area contributed by atoms with Crippen LogP contribution in [0.4, 0.5) is 0 Å². The number of phenols is 1. The Balaban J connectivity index is 1.39. The molecule has 7 rings (SSSR count). The number of hydrogen-bond donors (Lipinski definition) is 6. The van der Waals surface area contributed by atoms with E-state index in [0.29, 0.717) is 11.1 Å². The summed E-state index contributed by atoms with van der Waals surface area (Å²) in [5, 5.41) is 60.2. The van der Waals surface area contributed by atoms with Crippen molar-refractivity contribution < 1.29 is 73.2 Å². The highest BCUT2D eigenvalue weighted by Crippen LogP contribution is 2.57. The van der Waals surface area contributed by atoms with Crippen LogP contribution in [0.2, 0.25) is 0 Å². The number of methoxy groups -OCH3 is 3. The Hall–Kier alpha value is -5.33.